The van der Waals surface area contributed by atoms with Gasteiger partial charge in [0.05, 0.1) is 5.69 Å². The average Bonchev–Trinajstić information content (AvgIpc) is 2.48. The Bertz CT molecular complexity index is 441. The van der Waals surface area contributed by atoms with Gasteiger partial charge in [-0.1, -0.05) is 35.9 Å². The molecule has 3 heteroatoms. The number of hydrogen-bond donors (Lipinski definition) is 0. The van der Waals surface area contributed by atoms with Gasteiger partial charge in [-0.25, -0.2) is 0 Å². The van der Waals surface area contributed by atoms with E-state index in [4.69, 9.17) is 11.6 Å². The van der Waals surface area contributed by atoms with Crippen molar-refractivity contribution in [2.75, 3.05) is 0 Å². The summed E-state index contributed by atoms with van der Waals surface area (Å²) >= 11 is 5.93. The van der Waals surface area contributed by atoms with Crippen LogP contribution in [0.25, 0.3) is 11.3 Å². The molecule has 0 atom stereocenters. The molecule has 0 amide bonds. The van der Waals surface area contributed by atoms with Gasteiger partial charge in [-0.2, -0.15) is 5.10 Å². The molecular formula is C11H11ClN2. The van der Waals surface area contributed by atoms with Crippen LogP contribution in [0.4, 0.5) is 0 Å². The lowest BCUT2D eigenvalue weighted by atomic mass is 10.1. The molecule has 0 N–H and O–H groups in total. The van der Waals surface area contributed by atoms with Crippen LogP contribution in [0.15, 0.2) is 30.3 Å². The van der Waals surface area contributed by atoms with Crippen molar-refractivity contribution in [2.24, 2.45) is 7.05 Å². The fourth-order valence-electron chi connectivity index (χ4n) is 1.44. The second kappa shape index (κ2) is 3.46. The molecule has 0 aliphatic heterocycles. The third-order valence-electron chi connectivity index (χ3n) is 2.24. The smallest absolute Gasteiger partial charge is 0.127 e. The maximum Gasteiger partial charge on any atom is 0.127 e. The van der Waals surface area contributed by atoms with Crippen LogP contribution in [0.2, 0.25) is 5.15 Å². The maximum atomic E-state index is 5.93. The van der Waals surface area contributed by atoms with Gasteiger partial charge in [-0.05, 0) is 12.5 Å². The maximum absolute atomic E-state index is 5.93. The third kappa shape index (κ3) is 1.53. The highest BCUT2D eigenvalue weighted by Gasteiger charge is 2.06. The fourth-order valence-corrected chi connectivity index (χ4v) is 1.58. The van der Waals surface area contributed by atoms with Crippen LogP contribution in [0, 0.1) is 6.92 Å². The van der Waals surface area contributed by atoms with Crippen molar-refractivity contribution >= 4 is 11.6 Å². The molecule has 0 unspecified atom stereocenters. The normalized spacial score (nSPS) is 10.5. The van der Waals surface area contributed by atoms with Crippen LogP contribution in [-0.4, -0.2) is 9.78 Å². The lowest BCUT2D eigenvalue weighted by Gasteiger charge is -2.00. The molecule has 0 bridgehead atoms. The van der Waals surface area contributed by atoms with Crippen molar-refractivity contribution in [1.82, 2.24) is 9.78 Å². The fraction of sp³-hybridized carbons (Fsp3) is 0.182. The molecule has 0 saturated heterocycles. The molecule has 2 nitrogen and oxygen atoms in total. The predicted octanol–water partition coefficient (Wildman–Crippen LogP) is 3.05. The number of nitrogens with zero attached hydrogens (tertiary/aromatic N) is 2. The van der Waals surface area contributed by atoms with E-state index < -0.39 is 0 Å². The van der Waals surface area contributed by atoms with Crippen LogP contribution < -0.4 is 0 Å². The van der Waals surface area contributed by atoms with Crippen molar-refractivity contribution in [3.05, 3.63) is 41.0 Å². The summed E-state index contributed by atoms with van der Waals surface area (Å²) in [5, 5.41) is 4.98. The number of rotatable bonds is 1. The van der Waals surface area contributed by atoms with Gasteiger partial charge in [0.15, 0.2) is 0 Å². The van der Waals surface area contributed by atoms with E-state index in [1.54, 1.807) is 4.68 Å². The Labute approximate surface area is 88.1 Å². The lowest BCUT2D eigenvalue weighted by Crippen LogP contribution is -1.90. The topological polar surface area (TPSA) is 17.8 Å². The summed E-state index contributed by atoms with van der Waals surface area (Å²) in [7, 11) is 1.84. The minimum atomic E-state index is 0.656. The molecule has 72 valence electrons. The third-order valence-corrected chi connectivity index (χ3v) is 2.60. The number of aryl methyl sites for hydroxylation is 2. The first kappa shape index (κ1) is 9.28. The SMILES string of the molecule is Cc1ccccc1-c1cc(Cl)n(C)n1. The van der Waals surface area contributed by atoms with Gasteiger partial charge < -0.3 is 0 Å². The first-order chi connectivity index (χ1) is 6.68. The van der Waals surface area contributed by atoms with Crippen LogP contribution in [0.1, 0.15) is 5.56 Å². The highest BCUT2D eigenvalue weighted by Crippen LogP contribution is 2.23. The Morgan fingerprint density at radius 1 is 1.29 bits per heavy atom. The van der Waals surface area contributed by atoms with Crippen LogP contribution in [0.5, 0.6) is 0 Å². The predicted molar refractivity (Wildman–Crippen MR) is 58.4 cm³/mol. The Morgan fingerprint density at radius 3 is 2.57 bits per heavy atom. The summed E-state index contributed by atoms with van der Waals surface area (Å²) < 4.78 is 1.67. The standard InChI is InChI=1S/C11H11ClN2/c1-8-5-3-4-6-9(8)10-7-11(12)14(2)13-10/h3-7H,1-2H3. The average molecular weight is 207 g/mol. The Kier molecular flexibility index (Phi) is 2.30. The monoisotopic (exact) mass is 206 g/mol. The van der Waals surface area contributed by atoms with Crippen molar-refractivity contribution in [2.45, 2.75) is 6.92 Å². The van der Waals surface area contributed by atoms with Crippen molar-refractivity contribution in [1.29, 1.82) is 0 Å². The molecule has 0 saturated carbocycles. The number of benzene rings is 1. The number of aromatic nitrogens is 2. The first-order valence-electron chi connectivity index (χ1n) is 4.44. The van der Waals surface area contributed by atoms with E-state index in [2.05, 4.69) is 18.1 Å². The summed E-state index contributed by atoms with van der Waals surface area (Å²) in [6, 6.07) is 10.0. The second-order valence-electron chi connectivity index (χ2n) is 3.29. The van der Waals surface area contributed by atoms with E-state index in [9.17, 15) is 0 Å². The Morgan fingerprint density at radius 2 is 2.00 bits per heavy atom. The van der Waals surface area contributed by atoms with Crippen molar-refractivity contribution in [3.63, 3.8) is 0 Å². The van der Waals surface area contributed by atoms with Gasteiger partial charge in [0.2, 0.25) is 0 Å². The largest absolute Gasteiger partial charge is 0.256 e. The minimum absolute atomic E-state index is 0.656. The zero-order valence-corrected chi connectivity index (χ0v) is 8.92. The number of hydrogen-bond acceptors (Lipinski definition) is 1. The van der Waals surface area contributed by atoms with E-state index in [1.165, 1.54) is 5.56 Å². The van der Waals surface area contributed by atoms with E-state index in [0.29, 0.717) is 5.15 Å². The highest BCUT2D eigenvalue weighted by atomic mass is 35.5. The van der Waals surface area contributed by atoms with Gasteiger partial charge >= 0.3 is 0 Å². The zero-order valence-electron chi connectivity index (χ0n) is 8.16. The highest BCUT2D eigenvalue weighted by molar-refractivity contribution is 6.29. The molecule has 0 aliphatic rings. The molecule has 2 rings (SSSR count). The molecule has 14 heavy (non-hydrogen) atoms. The van der Waals surface area contributed by atoms with E-state index in [0.717, 1.165) is 11.3 Å². The molecule has 1 aromatic heterocycles. The molecule has 2 aromatic rings. The van der Waals surface area contributed by atoms with E-state index >= 15 is 0 Å². The van der Waals surface area contributed by atoms with Crippen LogP contribution >= 0.6 is 11.6 Å². The van der Waals surface area contributed by atoms with Crippen LogP contribution in [0.3, 0.4) is 0 Å². The quantitative estimate of drug-likeness (QED) is 0.701. The summed E-state index contributed by atoms with van der Waals surface area (Å²) in [4.78, 5) is 0. The Balaban J connectivity index is 2.55. The number of halogens is 1. The van der Waals surface area contributed by atoms with Gasteiger partial charge in [-0.3, -0.25) is 4.68 Å². The minimum Gasteiger partial charge on any atom is -0.256 e. The molecule has 1 heterocycles. The van der Waals surface area contributed by atoms with Crippen molar-refractivity contribution in [3.8, 4) is 11.3 Å². The van der Waals surface area contributed by atoms with Gasteiger partial charge in [0.25, 0.3) is 0 Å². The van der Waals surface area contributed by atoms with Gasteiger partial charge in [-0.15, -0.1) is 0 Å². The molecule has 0 radical (unpaired) electrons. The summed E-state index contributed by atoms with van der Waals surface area (Å²) in [5.41, 5.74) is 3.27. The summed E-state index contributed by atoms with van der Waals surface area (Å²) in [5.74, 6) is 0. The molecule has 1 aromatic carbocycles. The van der Waals surface area contributed by atoms with Crippen LogP contribution in [-0.2, 0) is 7.05 Å². The molecular weight excluding hydrogens is 196 g/mol. The van der Waals surface area contributed by atoms with Crippen molar-refractivity contribution < 1.29 is 0 Å². The van der Waals surface area contributed by atoms with Gasteiger partial charge in [0, 0.05) is 18.7 Å². The van der Waals surface area contributed by atoms with Gasteiger partial charge in [0.1, 0.15) is 5.15 Å². The summed E-state index contributed by atoms with van der Waals surface area (Å²) in [6.45, 7) is 2.07. The van der Waals surface area contributed by atoms with E-state index in [-0.39, 0.29) is 0 Å². The molecule has 0 aliphatic carbocycles. The zero-order chi connectivity index (χ0) is 10.1. The Hall–Kier alpha value is -1.28. The van der Waals surface area contributed by atoms with E-state index in [1.807, 2.05) is 31.3 Å². The first-order valence-corrected chi connectivity index (χ1v) is 4.82. The second-order valence-corrected chi connectivity index (χ2v) is 3.68. The summed E-state index contributed by atoms with van der Waals surface area (Å²) in [6.07, 6.45) is 0. The molecule has 0 spiro atoms. The molecule has 0 fully saturated rings. The lowest BCUT2D eigenvalue weighted by molar-refractivity contribution is 0.771.